The average molecular weight is 284 g/mol. The Morgan fingerprint density at radius 1 is 1.44 bits per heavy atom. The Labute approximate surface area is 101 Å². The third-order valence-corrected chi connectivity index (χ3v) is 2.78. The van der Waals surface area contributed by atoms with E-state index in [1.54, 1.807) is 16.8 Å². The highest BCUT2D eigenvalue weighted by atomic mass is 79.9. The topological polar surface area (TPSA) is 29.9 Å². The van der Waals surface area contributed by atoms with Crippen LogP contribution in [0.1, 0.15) is 5.69 Å². The van der Waals surface area contributed by atoms with E-state index in [1.807, 2.05) is 19.3 Å². The van der Waals surface area contributed by atoms with Crippen molar-refractivity contribution < 1.29 is 4.39 Å². The number of nitrogens with one attached hydrogen (secondary N) is 1. The number of hydrogen-bond acceptors (Lipinski definition) is 2. The van der Waals surface area contributed by atoms with Crippen LogP contribution in [-0.4, -0.2) is 16.8 Å². The molecular weight excluding hydrogens is 273 g/mol. The number of hydrogen-bond donors (Lipinski definition) is 1. The SMILES string of the molecule is CNCc1ccn(-c2ccc(F)c(Br)c2)n1. The fourth-order valence-corrected chi connectivity index (χ4v) is 1.78. The van der Waals surface area contributed by atoms with Gasteiger partial charge in [0.1, 0.15) is 5.82 Å². The summed E-state index contributed by atoms with van der Waals surface area (Å²) in [6.45, 7) is 0.718. The molecule has 0 spiro atoms. The van der Waals surface area contributed by atoms with Gasteiger partial charge >= 0.3 is 0 Å². The summed E-state index contributed by atoms with van der Waals surface area (Å²) in [4.78, 5) is 0. The highest BCUT2D eigenvalue weighted by molar-refractivity contribution is 9.10. The van der Waals surface area contributed by atoms with E-state index >= 15 is 0 Å². The first-order chi connectivity index (χ1) is 7.70. The van der Waals surface area contributed by atoms with Gasteiger partial charge in [-0.25, -0.2) is 9.07 Å². The van der Waals surface area contributed by atoms with E-state index in [0.29, 0.717) is 4.47 Å². The van der Waals surface area contributed by atoms with E-state index in [4.69, 9.17) is 0 Å². The van der Waals surface area contributed by atoms with Crippen LogP contribution in [0.15, 0.2) is 34.9 Å². The average Bonchev–Trinajstić information content (AvgIpc) is 2.71. The van der Waals surface area contributed by atoms with Gasteiger partial charge in [-0.05, 0) is 47.2 Å². The Morgan fingerprint density at radius 2 is 2.25 bits per heavy atom. The lowest BCUT2D eigenvalue weighted by atomic mass is 10.3. The molecule has 0 atom stereocenters. The van der Waals surface area contributed by atoms with Gasteiger partial charge in [-0.2, -0.15) is 5.10 Å². The van der Waals surface area contributed by atoms with Gasteiger partial charge in [-0.3, -0.25) is 0 Å². The Morgan fingerprint density at radius 3 is 2.94 bits per heavy atom. The van der Waals surface area contributed by atoms with Crippen molar-refractivity contribution in [3.8, 4) is 5.69 Å². The molecule has 0 bridgehead atoms. The molecule has 84 valence electrons. The fraction of sp³-hybridized carbons (Fsp3) is 0.182. The highest BCUT2D eigenvalue weighted by Gasteiger charge is 2.03. The van der Waals surface area contributed by atoms with Crippen molar-refractivity contribution in [2.75, 3.05) is 7.05 Å². The fourth-order valence-electron chi connectivity index (χ4n) is 1.41. The number of nitrogens with zero attached hydrogens (tertiary/aromatic N) is 2. The first kappa shape index (κ1) is 11.3. The maximum atomic E-state index is 13.1. The molecule has 0 saturated heterocycles. The molecule has 1 aromatic heterocycles. The minimum atomic E-state index is -0.272. The maximum absolute atomic E-state index is 13.1. The van der Waals surface area contributed by atoms with Crippen LogP contribution in [0.2, 0.25) is 0 Å². The third-order valence-electron chi connectivity index (χ3n) is 2.17. The molecule has 0 aliphatic heterocycles. The molecule has 16 heavy (non-hydrogen) atoms. The highest BCUT2D eigenvalue weighted by Crippen LogP contribution is 2.19. The molecule has 1 aromatic carbocycles. The van der Waals surface area contributed by atoms with Gasteiger partial charge in [0, 0.05) is 12.7 Å². The summed E-state index contributed by atoms with van der Waals surface area (Å²) in [7, 11) is 1.87. The standard InChI is InChI=1S/C11H11BrFN3/c1-14-7-8-4-5-16(15-8)9-2-3-11(13)10(12)6-9/h2-6,14H,7H2,1H3. The van der Waals surface area contributed by atoms with Crippen LogP contribution < -0.4 is 5.32 Å². The molecule has 0 fully saturated rings. The summed E-state index contributed by atoms with van der Waals surface area (Å²) in [6, 6.07) is 6.73. The van der Waals surface area contributed by atoms with Crippen molar-refractivity contribution in [3.63, 3.8) is 0 Å². The van der Waals surface area contributed by atoms with Gasteiger partial charge in [0.25, 0.3) is 0 Å². The van der Waals surface area contributed by atoms with E-state index in [-0.39, 0.29) is 5.82 Å². The predicted octanol–water partition coefficient (Wildman–Crippen LogP) is 2.49. The van der Waals surface area contributed by atoms with E-state index in [0.717, 1.165) is 17.9 Å². The Hall–Kier alpha value is -1.20. The largest absolute Gasteiger partial charge is 0.314 e. The number of benzene rings is 1. The molecule has 2 aromatic rings. The summed E-state index contributed by atoms with van der Waals surface area (Å²) in [6.07, 6.45) is 1.85. The molecule has 2 rings (SSSR count). The summed E-state index contributed by atoms with van der Waals surface area (Å²) in [5, 5.41) is 7.38. The minimum Gasteiger partial charge on any atom is -0.314 e. The zero-order chi connectivity index (χ0) is 11.5. The van der Waals surface area contributed by atoms with Gasteiger partial charge in [0.2, 0.25) is 0 Å². The second-order valence-corrected chi connectivity index (χ2v) is 4.23. The molecule has 0 saturated carbocycles. The van der Waals surface area contributed by atoms with Crippen LogP contribution in [0.4, 0.5) is 4.39 Å². The second-order valence-electron chi connectivity index (χ2n) is 3.38. The molecule has 1 heterocycles. The molecule has 0 amide bonds. The molecule has 3 nitrogen and oxygen atoms in total. The summed E-state index contributed by atoms with van der Waals surface area (Å²) in [5.74, 6) is -0.272. The van der Waals surface area contributed by atoms with Crippen LogP contribution in [0, 0.1) is 5.82 Å². The molecule has 1 N–H and O–H groups in total. The maximum Gasteiger partial charge on any atom is 0.137 e. The summed E-state index contributed by atoms with van der Waals surface area (Å²) in [5.41, 5.74) is 1.78. The molecule has 0 radical (unpaired) electrons. The lowest BCUT2D eigenvalue weighted by Gasteiger charge is -2.02. The second kappa shape index (κ2) is 4.76. The molecule has 0 unspecified atom stereocenters. The third kappa shape index (κ3) is 2.31. The van der Waals surface area contributed by atoms with Crippen molar-refractivity contribution in [2.45, 2.75) is 6.54 Å². The summed E-state index contributed by atoms with van der Waals surface area (Å²) >= 11 is 3.15. The van der Waals surface area contributed by atoms with Crippen molar-refractivity contribution in [1.82, 2.24) is 15.1 Å². The molecule has 0 aliphatic rings. The van der Waals surface area contributed by atoms with Crippen LogP contribution >= 0.6 is 15.9 Å². The van der Waals surface area contributed by atoms with Gasteiger partial charge in [0.05, 0.1) is 15.9 Å². The van der Waals surface area contributed by atoms with E-state index < -0.39 is 0 Å². The van der Waals surface area contributed by atoms with Crippen molar-refractivity contribution in [2.24, 2.45) is 0 Å². The first-order valence-electron chi connectivity index (χ1n) is 4.85. The van der Waals surface area contributed by atoms with Crippen molar-refractivity contribution in [3.05, 3.63) is 46.4 Å². The number of aromatic nitrogens is 2. The van der Waals surface area contributed by atoms with Crippen LogP contribution in [0.3, 0.4) is 0 Å². The van der Waals surface area contributed by atoms with Crippen LogP contribution in [0.25, 0.3) is 5.69 Å². The van der Waals surface area contributed by atoms with Gasteiger partial charge < -0.3 is 5.32 Å². The van der Waals surface area contributed by atoms with E-state index in [2.05, 4.69) is 26.3 Å². The van der Waals surface area contributed by atoms with Crippen LogP contribution in [-0.2, 0) is 6.54 Å². The zero-order valence-electron chi connectivity index (χ0n) is 8.74. The Kier molecular flexibility index (Phi) is 3.36. The van der Waals surface area contributed by atoms with E-state index in [1.165, 1.54) is 6.07 Å². The van der Waals surface area contributed by atoms with Crippen molar-refractivity contribution in [1.29, 1.82) is 0 Å². The number of rotatable bonds is 3. The van der Waals surface area contributed by atoms with Gasteiger partial charge in [-0.1, -0.05) is 0 Å². The van der Waals surface area contributed by atoms with Crippen molar-refractivity contribution >= 4 is 15.9 Å². The number of halogens is 2. The quantitative estimate of drug-likeness (QED) is 0.938. The molecule has 5 heteroatoms. The Bertz CT molecular complexity index is 496. The zero-order valence-corrected chi connectivity index (χ0v) is 10.3. The first-order valence-corrected chi connectivity index (χ1v) is 5.64. The van der Waals surface area contributed by atoms with E-state index in [9.17, 15) is 4.39 Å². The monoisotopic (exact) mass is 283 g/mol. The molecular formula is C11H11BrFN3. The predicted molar refractivity (Wildman–Crippen MR) is 64.0 cm³/mol. The normalized spacial score (nSPS) is 10.7. The summed E-state index contributed by atoms with van der Waals surface area (Å²) < 4.78 is 15.2. The van der Waals surface area contributed by atoms with Gasteiger partial charge in [0.15, 0.2) is 0 Å². The molecule has 0 aliphatic carbocycles. The van der Waals surface area contributed by atoms with Crippen LogP contribution in [0.5, 0.6) is 0 Å². The Balaban J connectivity index is 2.31. The lowest BCUT2D eigenvalue weighted by molar-refractivity contribution is 0.620. The van der Waals surface area contributed by atoms with Gasteiger partial charge in [-0.15, -0.1) is 0 Å². The smallest absolute Gasteiger partial charge is 0.137 e. The minimum absolute atomic E-state index is 0.272. The lowest BCUT2D eigenvalue weighted by Crippen LogP contribution is -2.06.